The fraction of sp³-hybridized carbons (Fsp3) is 0.462. The summed E-state index contributed by atoms with van der Waals surface area (Å²) in [7, 11) is 0. The lowest BCUT2D eigenvalue weighted by atomic mass is 10.1. The van der Waals surface area contributed by atoms with Crippen molar-refractivity contribution in [2.75, 3.05) is 18.2 Å². The summed E-state index contributed by atoms with van der Waals surface area (Å²) in [6.07, 6.45) is 4.11. The number of ether oxygens (including phenoxy) is 1. The zero-order valence-electron chi connectivity index (χ0n) is 10.2. The van der Waals surface area contributed by atoms with Crippen LogP contribution in [0.1, 0.15) is 29.3 Å². The first-order valence-electron chi connectivity index (χ1n) is 5.63. The van der Waals surface area contributed by atoms with Gasteiger partial charge in [0.1, 0.15) is 0 Å². The highest BCUT2D eigenvalue weighted by molar-refractivity contribution is 9.09. The van der Waals surface area contributed by atoms with Crippen LogP contribution in [-0.2, 0) is 11.2 Å². The number of carbonyl (C=O) groups excluding carboxylic acids is 1. The van der Waals surface area contributed by atoms with Crippen LogP contribution in [0, 0.1) is 0 Å². The Hall–Kier alpha value is -0.480. The van der Waals surface area contributed by atoms with E-state index in [-0.39, 0.29) is 5.97 Å². The molecule has 0 aromatic heterocycles. The molecule has 0 aliphatic rings. The van der Waals surface area contributed by atoms with E-state index in [2.05, 4.69) is 22.0 Å². The second-order valence-corrected chi connectivity index (χ2v) is 5.19. The van der Waals surface area contributed by atoms with E-state index in [1.165, 1.54) is 5.56 Å². The molecule has 0 fully saturated rings. The molecule has 0 bridgehead atoms. The van der Waals surface area contributed by atoms with Crippen LogP contribution in [0.5, 0.6) is 0 Å². The Balaban J connectivity index is 2.88. The average molecular weight is 317 g/mol. The van der Waals surface area contributed by atoms with E-state index in [0.717, 1.165) is 23.1 Å². The van der Waals surface area contributed by atoms with Gasteiger partial charge in [-0.05, 0) is 43.7 Å². The predicted octanol–water partition coefficient (Wildman–Crippen LogP) is 3.91. The van der Waals surface area contributed by atoms with Gasteiger partial charge in [-0.15, -0.1) is 11.8 Å². The first-order valence-corrected chi connectivity index (χ1v) is 7.97. The van der Waals surface area contributed by atoms with Gasteiger partial charge in [-0.3, -0.25) is 0 Å². The van der Waals surface area contributed by atoms with Crippen molar-refractivity contribution in [2.45, 2.75) is 24.7 Å². The predicted molar refractivity (Wildman–Crippen MR) is 76.3 cm³/mol. The third kappa shape index (κ3) is 4.36. The summed E-state index contributed by atoms with van der Waals surface area (Å²) in [6.45, 7) is 2.24. The summed E-state index contributed by atoms with van der Waals surface area (Å²) in [5, 5.41) is 1.00. The highest BCUT2D eigenvalue weighted by atomic mass is 79.9. The topological polar surface area (TPSA) is 26.3 Å². The quantitative estimate of drug-likeness (QED) is 0.452. The van der Waals surface area contributed by atoms with Crippen molar-refractivity contribution in [3.8, 4) is 0 Å². The molecule has 4 heteroatoms. The van der Waals surface area contributed by atoms with Crippen LogP contribution >= 0.6 is 27.7 Å². The lowest BCUT2D eigenvalue weighted by Gasteiger charge is -2.09. The Labute approximate surface area is 115 Å². The summed E-state index contributed by atoms with van der Waals surface area (Å²) in [5.41, 5.74) is 1.93. The van der Waals surface area contributed by atoms with Gasteiger partial charge >= 0.3 is 5.97 Å². The van der Waals surface area contributed by atoms with Gasteiger partial charge in [-0.1, -0.05) is 22.0 Å². The molecule has 0 heterocycles. The second-order valence-electron chi connectivity index (χ2n) is 3.55. The molecule has 0 atom stereocenters. The van der Waals surface area contributed by atoms with Crippen LogP contribution in [0.15, 0.2) is 23.1 Å². The molecule has 1 aromatic rings. The van der Waals surface area contributed by atoms with Crippen molar-refractivity contribution in [3.05, 3.63) is 29.3 Å². The van der Waals surface area contributed by atoms with Gasteiger partial charge in [-0.2, -0.15) is 0 Å². The minimum atomic E-state index is -0.233. The van der Waals surface area contributed by atoms with Crippen molar-refractivity contribution in [3.63, 3.8) is 0 Å². The van der Waals surface area contributed by atoms with Gasteiger partial charge in [0.15, 0.2) is 0 Å². The van der Waals surface area contributed by atoms with Gasteiger partial charge < -0.3 is 4.74 Å². The van der Waals surface area contributed by atoms with Gasteiger partial charge in [-0.25, -0.2) is 4.79 Å². The smallest absolute Gasteiger partial charge is 0.339 e. The van der Waals surface area contributed by atoms with Crippen molar-refractivity contribution in [1.82, 2.24) is 0 Å². The summed E-state index contributed by atoms with van der Waals surface area (Å²) in [5.74, 6) is -0.233. The van der Waals surface area contributed by atoms with Crippen molar-refractivity contribution in [1.29, 1.82) is 0 Å². The van der Waals surface area contributed by atoms with Crippen molar-refractivity contribution < 1.29 is 9.53 Å². The average Bonchev–Trinajstić information content (AvgIpc) is 2.36. The Kier molecular flexibility index (Phi) is 6.66. The van der Waals surface area contributed by atoms with Crippen LogP contribution in [0.4, 0.5) is 0 Å². The normalized spacial score (nSPS) is 10.3. The number of carbonyl (C=O) groups is 1. The number of benzene rings is 1. The lowest BCUT2D eigenvalue weighted by molar-refractivity contribution is 0.0522. The minimum absolute atomic E-state index is 0.233. The first-order chi connectivity index (χ1) is 8.22. The largest absolute Gasteiger partial charge is 0.462 e. The highest BCUT2D eigenvalue weighted by Gasteiger charge is 2.12. The van der Waals surface area contributed by atoms with Crippen LogP contribution in [-0.4, -0.2) is 24.2 Å². The van der Waals surface area contributed by atoms with E-state index < -0.39 is 0 Å². The monoisotopic (exact) mass is 316 g/mol. The summed E-state index contributed by atoms with van der Waals surface area (Å²) in [6, 6.07) is 5.96. The summed E-state index contributed by atoms with van der Waals surface area (Å²) >= 11 is 5.01. The number of aryl methyl sites for hydroxylation is 1. The Morgan fingerprint density at radius 3 is 2.82 bits per heavy atom. The van der Waals surface area contributed by atoms with E-state index in [0.29, 0.717) is 12.2 Å². The summed E-state index contributed by atoms with van der Waals surface area (Å²) < 4.78 is 5.03. The fourth-order valence-corrected chi connectivity index (χ4v) is 2.46. The molecule has 0 aliphatic heterocycles. The Morgan fingerprint density at radius 2 is 2.24 bits per heavy atom. The third-order valence-electron chi connectivity index (χ3n) is 2.36. The molecule has 17 heavy (non-hydrogen) atoms. The van der Waals surface area contributed by atoms with Crippen LogP contribution < -0.4 is 0 Å². The van der Waals surface area contributed by atoms with Crippen molar-refractivity contribution in [2.24, 2.45) is 0 Å². The molecule has 0 saturated carbocycles. The Morgan fingerprint density at radius 1 is 1.47 bits per heavy atom. The summed E-state index contributed by atoms with van der Waals surface area (Å²) in [4.78, 5) is 12.7. The number of esters is 1. The molecular formula is C13H17BrO2S. The van der Waals surface area contributed by atoms with Crippen LogP contribution in [0.2, 0.25) is 0 Å². The number of alkyl halides is 1. The van der Waals surface area contributed by atoms with Gasteiger partial charge in [0, 0.05) is 10.2 Å². The maximum atomic E-state index is 11.7. The van der Waals surface area contributed by atoms with E-state index in [4.69, 9.17) is 4.74 Å². The second kappa shape index (κ2) is 7.77. The van der Waals surface area contributed by atoms with E-state index in [1.807, 2.05) is 25.3 Å². The number of thioether (sulfide) groups is 1. The highest BCUT2D eigenvalue weighted by Crippen LogP contribution is 2.23. The maximum absolute atomic E-state index is 11.7. The Bertz CT molecular complexity index is 380. The molecule has 94 valence electrons. The molecule has 1 aromatic carbocycles. The SMILES string of the molecule is CCOC(=O)c1ccc(CCCBr)cc1SC. The molecule has 0 radical (unpaired) electrons. The zero-order valence-corrected chi connectivity index (χ0v) is 12.6. The lowest BCUT2D eigenvalue weighted by Crippen LogP contribution is -2.06. The number of hydrogen-bond acceptors (Lipinski definition) is 3. The molecule has 1 rings (SSSR count). The van der Waals surface area contributed by atoms with Crippen LogP contribution in [0.25, 0.3) is 0 Å². The number of rotatable bonds is 6. The maximum Gasteiger partial charge on any atom is 0.339 e. The van der Waals surface area contributed by atoms with E-state index >= 15 is 0 Å². The first kappa shape index (κ1) is 14.6. The molecule has 2 nitrogen and oxygen atoms in total. The zero-order chi connectivity index (χ0) is 12.7. The fourth-order valence-electron chi connectivity index (χ4n) is 1.54. The standard InChI is InChI=1S/C13H17BrO2S/c1-3-16-13(15)11-7-6-10(5-4-8-14)9-12(11)17-2/h6-7,9H,3-5,8H2,1-2H3. The van der Waals surface area contributed by atoms with E-state index in [9.17, 15) is 4.79 Å². The molecule has 0 aliphatic carbocycles. The molecule has 0 N–H and O–H groups in total. The van der Waals surface area contributed by atoms with Crippen molar-refractivity contribution >= 4 is 33.7 Å². The molecular weight excluding hydrogens is 300 g/mol. The number of hydrogen-bond donors (Lipinski definition) is 0. The molecule has 0 amide bonds. The minimum Gasteiger partial charge on any atom is -0.462 e. The molecule has 0 saturated heterocycles. The van der Waals surface area contributed by atoms with Crippen LogP contribution in [0.3, 0.4) is 0 Å². The van der Waals surface area contributed by atoms with Gasteiger partial charge in [0.05, 0.1) is 12.2 Å². The molecule has 0 spiro atoms. The van der Waals surface area contributed by atoms with Gasteiger partial charge in [0.25, 0.3) is 0 Å². The number of halogens is 1. The third-order valence-corrected chi connectivity index (χ3v) is 3.70. The van der Waals surface area contributed by atoms with E-state index in [1.54, 1.807) is 11.8 Å². The molecule has 0 unspecified atom stereocenters. The van der Waals surface area contributed by atoms with Gasteiger partial charge in [0.2, 0.25) is 0 Å².